The first-order valence-electron chi connectivity index (χ1n) is 12.0. The van der Waals surface area contributed by atoms with Crippen molar-refractivity contribution >= 4 is 46.2 Å². The minimum Gasteiger partial charge on any atom is -0.491 e. The van der Waals surface area contributed by atoms with E-state index in [1.54, 1.807) is 18.2 Å². The van der Waals surface area contributed by atoms with Gasteiger partial charge in [0.2, 0.25) is 5.91 Å². The van der Waals surface area contributed by atoms with Crippen LogP contribution in [0.2, 0.25) is 5.02 Å². The van der Waals surface area contributed by atoms with Crippen molar-refractivity contribution in [2.24, 2.45) is 5.73 Å². The van der Waals surface area contributed by atoms with Crippen molar-refractivity contribution in [3.05, 3.63) is 59.0 Å². The lowest BCUT2D eigenvalue weighted by molar-refractivity contribution is -0.124. The van der Waals surface area contributed by atoms with Crippen LogP contribution in [0, 0.1) is 5.82 Å². The summed E-state index contributed by atoms with van der Waals surface area (Å²) in [5.41, 5.74) is 4.42. The number of fused-ring (bicyclic) bond motifs is 1. The summed E-state index contributed by atoms with van der Waals surface area (Å²) in [6, 6.07) is 6.53. The van der Waals surface area contributed by atoms with Gasteiger partial charge in [0.25, 0.3) is 0 Å². The Morgan fingerprint density at radius 2 is 2.00 bits per heavy atom. The Labute approximate surface area is 228 Å². The van der Waals surface area contributed by atoms with E-state index in [0.717, 1.165) is 9.47 Å². The van der Waals surface area contributed by atoms with Gasteiger partial charge in [0.05, 0.1) is 29.4 Å². The number of halogens is 3. The summed E-state index contributed by atoms with van der Waals surface area (Å²) in [6.45, 7) is 1.37. The van der Waals surface area contributed by atoms with Gasteiger partial charge in [0.1, 0.15) is 29.9 Å². The summed E-state index contributed by atoms with van der Waals surface area (Å²) in [6.07, 6.45) is 1.08. The SMILES string of the molecule is COCCOc1ccc2c(c1)c(NC(=O)N1C[C@](C)(F)C[C@H]1C(=O)NCc1cccc(Cl)c1F)cn2C(N)=O. The molecule has 1 fully saturated rings. The van der Waals surface area contributed by atoms with Crippen molar-refractivity contribution in [1.29, 1.82) is 0 Å². The molecule has 1 aliphatic heterocycles. The van der Waals surface area contributed by atoms with E-state index in [1.165, 1.54) is 38.4 Å². The van der Waals surface area contributed by atoms with Crippen molar-refractivity contribution < 1.29 is 32.6 Å². The minimum atomic E-state index is -1.84. The molecule has 39 heavy (non-hydrogen) atoms. The van der Waals surface area contributed by atoms with Gasteiger partial charge in [-0.3, -0.25) is 9.36 Å². The van der Waals surface area contributed by atoms with Gasteiger partial charge < -0.3 is 30.7 Å². The van der Waals surface area contributed by atoms with Crippen LogP contribution >= 0.6 is 11.6 Å². The third kappa shape index (κ3) is 6.23. The van der Waals surface area contributed by atoms with E-state index in [2.05, 4.69) is 10.6 Å². The van der Waals surface area contributed by atoms with E-state index in [1.807, 2.05) is 0 Å². The van der Waals surface area contributed by atoms with Crippen molar-refractivity contribution in [2.75, 3.05) is 32.2 Å². The van der Waals surface area contributed by atoms with Crippen LogP contribution < -0.4 is 21.1 Å². The maximum absolute atomic E-state index is 15.0. The largest absolute Gasteiger partial charge is 0.491 e. The predicted molar refractivity (Wildman–Crippen MR) is 141 cm³/mol. The number of amides is 4. The molecule has 1 aliphatic rings. The van der Waals surface area contributed by atoms with Crippen LogP contribution in [0.4, 0.5) is 24.1 Å². The molecule has 0 radical (unpaired) electrons. The summed E-state index contributed by atoms with van der Waals surface area (Å²) in [5, 5.41) is 5.57. The van der Waals surface area contributed by atoms with E-state index in [4.69, 9.17) is 26.8 Å². The highest BCUT2D eigenvalue weighted by molar-refractivity contribution is 6.30. The van der Waals surface area contributed by atoms with Gasteiger partial charge in [-0.15, -0.1) is 0 Å². The molecule has 2 heterocycles. The van der Waals surface area contributed by atoms with Gasteiger partial charge >= 0.3 is 12.1 Å². The highest BCUT2D eigenvalue weighted by Crippen LogP contribution is 2.33. The van der Waals surface area contributed by atoms with Crippen LogP contribution in [0.5, 0.6) is 5.75 Å². The number of carbonyl (C=O) groups is 3. The molecule has 0 saturated carbocycles. The lowest BCUT2D eigenvalue weighted by Gasteiger charge is -2.24. The second-order valence-corrected chi connectivity index (χ2v) is 9.80. The molecule has 1 saturated heterocycles. The van der Waals surface area contributed by atoms with Crippen LogP contribution in [-0.2, 0) is 16.1 Å². The highest BCUT2D eigenvalue weighted by atomic mass is 35.5. The number of nitrogens with one attached hydrogen (secondary N) is 2. The number of aromatic nitrogens is 1. The van der Waals surface area contributed by atoms with Crippen molar-refractivity contribution in [3.8, 4) is 5.75 Å². The molecule has 1 aromatic heterocycles. The quantitative estimate of drug-likeness (QED) is 0.356. The second kappa shape index (κ2) is 11.5. The number of hydrogen-bond donors (Lipinski definition) is 3. The number of anilines is 1. The Morgan fingerprint density at radius 3 is 2.72 bits per heavy atom. The number of nitrogens with zero attached hydrogens (tertiary/aromatic N) is 2. The summed E-state index contributed by atoms with van der Waals surface area (Å²) < 4.78 is 41.0. The number of likely N-dealkylation sites (tertiary alicyclic amines) is 1. The van der Waals surface area contributed by atoms with Crippen LogP contribution in [0.15, 0.2) is 42.6 Å². The summed E-state index contributed by atoms with van der Waals surface area (Å²) in [7, 11) is 1.54. The van der Waals surface area contributed by atoms with E-state index in [0.29, 0.717) is 23.3 Å². The molecule has 0 unspecified atom stereocenters. The first kappa shape index (κ1) is 28.1. The molecule has 4 rings (SSSR count). The smallest absolute Gasteiger partial charge is 0.323 e. The molecule has 2 atom stereocenters. The van der Waals surface area contributed by atoms with Crippen molar-refractivity contribution in [3.63, 3.8) is 0 Å². The fourth-order valence-electron chi connectivity index (χ4n) is 4.49. The number of urea groups is 1. The Balaban J connectivity index is 1.55. The molecule has 0 spiro atoms. The van der Waals surface area contributed by atoms with E-state index in [-0.39, 0.29) is 42.4 Å². The van der Waals surface area contributed by atoms with Crippen LogP contribution in [0.25, 0.3) is 10.9 Å². The third-order valence-electron chi connectivity index (χ3n) is 6.35. The maximum Gasteiger partial charge on any atom is 0.323 e. The number of alkyl halides is 1. The molecule has 4 N–H and O–H groups in total. The molecular formula is C26H28ClF2N5O5. The number of carbonyl (C=O) groups excluding carboxylic acids is 3. The number of methoxy groups -OCH3 is 1. The summed E-state index contributed by atoms with van der Waals surface area (Å²) in [4.78, 5) is 39.4. The predicted octanol–water partition coefficient (Wildman–Crippen LogP) is 4.04. The van der Waals surface area contributed by atoms with Crippen LogP contribution in [-0.4, -0.2) is 66.0 Å². The number of ether oxygens (including phenoxy) is 2. The fourth-order valence-corrected chi connectivity index (χ4v) is 4.68. The number of nitrogens with two attached hydrogens (primary N) is 1. The normalized spacial score (nSPS) is 18.8. The Kier molecular flexibility index (Phi) is 8.26. The van der Waals surface area contributed by atoms with Crippen LogP contribution in [0.1, 0.15) is 18.9 Å². The second-order valence-electron chi connectivity index (χ2n) is 9.39. The van der Waals surface area contributed by atoms with Gasteiger partial charge in [0, 0.05) is 37.2 Å². The van der Waals surface area contributed by atoms with E-state index < -0.39 is 35.5 Å². The number of primary amides is 1. The molecule has 10 nitrogen and oxygen atoms in total. The molecule has 0 bridgehead atoms. The highest BCUT2D eigenvalue weighted by Gasteiger charge is 2.46. The molecule has 4 amide bonds. The maximum atomic E-state index is 15.0. The van der Waals surface area contributed by atoms with Gasteiger partial charge in [-0.25, -0.2) is 18.4 Å². The first-order chi connectivity index (χ1) is 18.5. The zero-order chi connectivity index (χ0) is 28.3. The Morgan fingerprint density at radius 1 is 1.23 bits per heavy atom. The van der Waals surface area contributed by atoms with Gasteiger partial charge in [-0.2, -0.15) is 0 Å². The summed E-state index contributed by atoms with van der Waals surface area (Å²) in [5.74, 6) is -0.869. The summed E-state index contributed by atoms with van der Waals surface area (Å²) >= 11 is 5.80. The zero-order valence-electron chi connectivity index (χ0n) is 21.3. The molecule has 3 aromatic rings. The average Bonchev–Trinajstić information content (AvgIpc) is 3.42. The lowest BCUT2D eigenvalue weighted by Crippen LogP contribution is -2.47. The van der Waals surface area contributed by atoms with Gasteiger partial charge in [-0.1, -0.05) is 23.7 Å². The Bertz CT molecular complexity index is 1410. The monoisotopic (exact) mass is 563 g/mol. The third-order valence-corrected chi connectivity index (χ3v) is 6.65. The van der Waals surface area contributed by atoms with Crippen molar-refractivity contribution in [1.82, 2.24) is 14.8 Å². The Hall–Kier alpha value is -3.90. The minimum absolute atomic E-state index is 0.0951. The standard InChI is InChI=1S/C26H28ClF2N5O5/c1-26(29)11-21(23(35)31-12-15-4-3-5-18(27)22(15)28)34(14-26)25(37)32-19-13-33(24(30)36)20-7-6-16(10-17(19)20)39-9-8-38-2/h3-7,10,13,21H,8-9,11-12,14H2,1-2H3,(H2,30,36)(H,31,35)(H,32,37)/t21-,26+/m0/s1. The first-order valence-corrected chi connectivity index (χ1v) is 12.4. The molecule has 13 heteroatoms. The van der Waals surface area contributed by atoms with Crippen LogP contribution in [0.3, 0.4) is 0 Å². The number of rotatable bonds is 8. The fraction of sp³-hybridized carbons (Fsp3) is 0.346. The molecular weight excluding hydrogens is 536 g/mol. The molecule has 0 aliphatic carbocycles. The zero-order valence-corrected chi connectivity index (χ0v) is 22.1. The van der Waals surface area contributed by atoms with E-state index in [9.17, 15) is 18.8 Å². The topological polar surface area (TPSA) is 128 Å². The number of benzene rings is 2. The van der Waals surface area contributed by atoms with Gasteiger partial charge in [0.15, 0.2) is 0 Å². The number of hydrogen-bond acceptors (Lipinski definition) is 5. The average molecular weight is 564 g/mol. The van der Waals surface area contributed by atoms with Gasteiger partial charge in [-0.05, 0) is 31.2 Å². The van der Waals surface area contributed by atoms with Crippen molar-refractivity contribution in [2.45, 2.75) is 31.6 Å². The molecule has 208 valence electrons. The lowest BCUT2D eigenvalue weighted by atomic mass is 10.0. The molecule has 2 aromatic carbocycles. The van der Waals surface area contributed by atoms with E-state index >= 15 is 4.39 Å².